The Balaban J connectivity index is 3.30. The van der Waals surface area contributed by atoms with E-state index in [0.29, 0.717) is 0 Å². The Morgan fingerprint density at radius 3 is 2.25 bits per heavy atom. The van der Waals surface area contributed by atoms with Crippen molar-refractivity contribution in [3.05, 3.63) is 10.1 Å². The average molecular weight is 228 g/mol. The molecule has 0 radical (unpaired) electrons. The van der Waals surface area contributed by atoms with Gasteiger partial charge in [0, 0.05) is 0 Å². The molecule has 1 heterocycles. The van der Waals surface area contributed by atoms with Crippen molar-refractivity contribution in [2.75, 3.05) is 7.05 Å². The number of oxime groups is 1. The fourth-order valence-electron chi connectivity index (χ4n) is 1.82. The summed E-state index contributed by atoms with van der Waals surface area (Å²) in [6, 6.07) is 0. The lowest BCUT2D eigenvalue weighted by Gasteiger charge is -2.35. The van der Waals surface area contributed by atoms with E-state index >= 15 is 0 Å². The normalized spacial score (nSPS) is 24.3. The summed E-state index contributed by atoms with van der Waals surface area (Å²) in [5.74, 6) is -0.595. The number of hydrogen-bond acceptors (Lipinski definition) is 6. The summed E-state index contributed by atoms with van der Waals surface area (Å²) in [7, 11) is 1.82. The Kier molecular flexibility index (Phi) is 2.76. The van der Waals surface area contributed by atoms with E-state index in [0.717, 1.165) is 0 Å². The molecule has 0 amide bonds. The van der Waals surface area contributed by atoms with Crippen molar-refractivity contribution < 1.29 is 10.1 Å². The number of hydrogen-bond donors (Lipinski definition) is 1. The van der Waals surface area contributed by atoms with Crippen LogP contribution in [0.3, 0.4) is 0 Å². The molecule has 0 unspecified atom stereocenters. The summed E-state index contributed by atoms with van der Waals surface area (Å²) >= 11 is 0. The minimum Gasteiger partial charge on any atom is -0.358 e. The summed E-state index contributed by atoms with van der Waals surface area (Å²) in [4.78, 5) is 16.2. The maximum atomic E-state index is 10.7. The highest BCUT2D eigenvalue weighted by Crippen LogP contribution is 2.33. The number of nitro groups is 1. The van der Waals surface area contributed by atoms with Crippen LogP contribution in [-0.2, 0) is 0 Å². The standard InChI is InChI=1S/C9H16N4O3/c1-8(2)6(7(11-14)13(15)16)10-9(3,4)12(8)5/h14H,1-5H3/b11-7-. The maximum absolute atomic E-state index is 10.7. The second kappa shape index (κ2) is 3.51. The quantitative estimate of drug-likeness (QED) is 0.238. The Labute approximate surface area is 93.6 Å². The van der Waals surface area contributed by atoms with Crippen LogP contribution in [0, 0.1) is 10.1 Å². The third kappa shape index (κ3) is 1.67. The lowest BCUT2D eigenvalue weighted by Crippen LogP contribution is -2.51. The third-order valence-corrected chi connectivity index (χ3v) is 3.10. The van der Waals surface area contributed by atoms with Crippen LogP contribution in [0.4, 0.5) is 0 Å². The zero-order chi connectivity index (χ0) is 12.7. The van der Waals surface area contributed by atoms with Crippen molar-refractivity contribution in [3.8, 4) is 0 Å². The van der Waals surface area contributed by atoms with Crippen molar-refractivity contribution in [3.63, 3.8) is 0 Å². The zero-order valence-electron chi connectivity index (χ0n) is 10.1. The van der Waals surface area contributed by atoms with E-state index in [1.807, 2.05) is 25.8 Å². The Morgan fingerprint density at radius 2 is 2.00 bits per heavy atom. The van der Waals surface area contributed by atoms with Gasteiger partial charge in [-0.2, -0.15) is 0 Å². The molecule has 0 aromatic rings. The molecule has 0 saturated heterocycles. The highest BCUT2D eigenvalue weighted by Gasteiger charge is 2.50. The second-order valence-corrected chi connectivity index (χ2v) is 4.75. The largest absolute Gasteiger partial charge is 0.432 e. The molecule has 1 N–H and O–H groups in total. The molecule has 7 nitrogen and oxygen atoms in total. The van der Waals surface area contributed by atoms with Crippen LogP contribution in [-0.4, -0.2) is 44.8 Å². The molecule has 16 heavy (non-hydrogen) atoms. The van der Waals surface area contributed by atoms with E-state index in [9.17, 15) is 10.1 Å². The Morgan fingerprint density at radius 1 is 1.50 bits per heavy atom. The van der Waals surface area contributed by atoms with Crippen LogP contribution < -0.4 is 0 Å². The van der Waals surface area contributed by atoms with Gasteiger partial charge >= 0.3 is 5.84 Å². The number of aliphatic imine (C=N–C) groups is 1. The van der Waals surface area contributed by atoms with Gasteiger partial charge in [0.2, 0.25) is 0 Å². The average Bonchev–Trinajstić information content (AvgIpc) is 2.28. The van der Waals surface area contributed by atoms with E-state index in [1.54, 1.807) is 13.8 Å². The number of rotatable bonds is 1. The molecule has 90 valence electrons. The molecule has 1 aliphatic heterocycles. The third-order valence-electron chi connectivity index (χ3n) is 3.10. The van der Waals surface area contributed by atoms with Gasteiger partial charge < -0.3 is 15.3 Å². The van der Waals surface area contributed by atoms with Gasteiger partial charge in [-0.15, -0.1) is 0 Å². The molecular formula is C9H16N4O3. The molecule has 0 aromatic carbocycles. The van der Waals surface area contributed by atoms with Crippen LogP contribution in [0.1, 0.15) is 27.7 Å². The lowest BCUT2D eigenvalue weighted by atomic mass is 9.96. The molecular weight excluding hydrogens is 212 g/mol. The molecule has 1 rings (SSSR count). The van der Waals surface area contributed by atoms with E-state index in [4.69, 9.17) is 5.21 Å². The maximum Gasteiger partial charge on any atom is 0.432 e. The van der Waals surface area contributed by atoms with Gasteiger partial charge in [0.15, 0.2) is 10.9 Å². The zero-order valence-corrected chi connectivity index (χ0v) is 10.1. The van der Waals surface area contributed by atoms with Gasteiger partial charge in [-0.25, -0.2) is 0 Å². The molecule has 0 atom stereocenters. The number of amidine groups is 1. The molecule has 7 heteroatoms. The van der Waals surface area contributed by atoms with Gasteiger partial charge in [-0.3, -0.25) is 9.89 Å². The monoisotopic (exact) mass is 228 g/mol. The topological polar surface area (TPSA) is 91.3 Å². The summed E-state index contributed by atoms with van der Waals surface area (Å²) < 4.78 is 0. The number of nitrogens with zero attached hydrogens (tertiary/aromatic N) is 4. The minimum absolute atomic E-state index is 0.188. The first-order valence-electron chi connectivity index (χ1n) is 4.85. The van der Waals surface area contributed by atoms with Crippen molar-refractivity contribution in [2.24, 2.45) is 10.1 Å². The lowest BCUT2D eigenvalue weighted by molar-refractivity contribution is -0.348. The van der Waals surface area contributed by atoms with E-state index in [1.165, 1.54) is 0 Å². The Bertz CT molecular complexity index is 384. The van der Waals surface area contributed by atoms with Gasteiger partial charge in [0.1, 0.15) is 5.66 Å². The molecule has 0 fully saturated rings. The predicted molar refractivity (Wildman–Crippen MR) is 59.6 cm³/mol. The molecule has 0 spiro atoms. The van der Waals surface area contributed by atoms with Crippen molar-refractivity contribution in [2.45, 2.75) is 38.9 Å². The highest BCUT2D eigenvalue weighted by atomic mass is 16.6. The smallest absolute Gasteiger partial charge is 0.358 e. The van der Waals surface area contributed by atoms with Gasteiger partial charge in [-0.1, -0.05) is 0 Å². The van der Waals surface area contributed by atoms with Gasteiger partial charge in [0.25, 0.3) is 0 Å². The summed E-state index contributed by atoms with van der Waals surface area (Å²) in [5, 5.41) is 22.2. The van der Waals surface area contributed by atoms with Crippen LogP contribution in [0.25, 0.3) is 0 Å². The van der Waals surface area contributed by atoms with E-state index in [-0.39, 0.29) is 5.71 Å². The molecule has 0 aromatic heterocycles. The summed E-state index contributed by atoms with van der Waals surface area (Å²) in [6.07, 6.45) is 0. The van der Waals surface area contributed by atoms with Crippen LogP contribution >= 0.6 is 0 Å². The van der Waals surface area contributed by atoms with Crippen LogP contribution in [0.5, 0.6) is 0 Å². The summed E-state index contributed by atoms with van der Waals surface area (Å²) in [6.45, 7) is 7.29. The second-order valence-electron chi connectivity index (χ2n) is 4.75. The first-order valence-corrected chi connectivity index (χ1v) is 4.85. The fraction of sp³-hybridized carbons (Fsp3) is 0.778. The highest BCUT2D eigenvalue weighted by molar-refractivity contribution is 6.41. The first-order chi connectivity index (χ1) is 7.14. The first kappa shape index (κ1) is 12.6. The van der Waals surface area contributed by atoms with E-state index < -0.39 is 22.0 Å². The molecule has 0 aliphatic carbocycles. The van der Waals surface area contributed by atoms with Gasteiger partial charge in [0.05, 0.1) is 5.54 Å². The Hall–Kier alpha value is -1.50. The van der Waals surface area contributed by atoms with Crippen molar-refractivity contribution in [1.82, 2.24) is 4.90 Å². The van der Waals surface area contributed by atoms with Crippen LogP contribution in [0.15, 0.2) is 10.1 Å². The summed E-state index contributed by atoms with van der Waals surface area (Å²) in [5.41, 5.74) is -1.00. The fourth-order valence-corrected chi connectivity index (χ4v) is 1.82. The van der Waals surface area contributed by atoms with Crippen molar-refractivity contribution >= 4 is 11.5 Å². The minimum atomic E-state index is -0.726. The van der Waals surface area contributed by atoms with Crippen LogP contribution in [0.2, 0.25) is 0 Å². The molecule has 1 aliphatic rings. The SMILES string of the molecule is CN1C(C)(C)N=C(/C(=N/O)[N+](=O)[O-])C1(C)C. The van der Waals surface area contributed by atoms with E-state index in [2.05, 4.69) is 10.1 Å². The molecule has 0 bridgehead atoms. The predicted octanol–water partition coefficient (Wildman–Crippen LogP) is 0.952. The van der Waals surface area contributed by atoms with Gasteiger partial charge in [-0.05, 0) is 39.7 Å². The van der Waals surface area contributed by atoms with Crippen molar-refractivity contribution in [1.29, 1.82) is 0 Å². The molecule has 0 saturated carbocycles.